The summed E-state index contributed by atoms with van der Waals surface area (Å²) in [5.74, 6) is -0.681. The third-order valence-corrected chi connectivity index (χ3v) is 2.14. The summed E-state index contributed by atoms with van der Waals surface area (Å²) >= 11 is 5.61. The topological polar surface area (TPSA) is 62.2 Å². The number of nitrogens with zero attached hydrogens (tertiary/aromatic N) is 1. The molecule has 0 saturated heterocycles. The predicted octanol–water partition coefficient (Wildman–Crippen LogP) is 2.56. The Hall–Kier alpha value is -1.55. The molecule has 0 aliphatic carbocycles. The van der Waals surface area contributed by atoms with Crippen molar-refractivity contribution >= 4 is 23.4 Å². The third kappa shape index (κ3) is 2.97. The van der Waals surface area contributed by atoms with Crippen molar-refractivity contribution < 1.29 is 9.90 Å². The first-order valence-corrected chi connectivity index (χ1v) is 5.08. The Balaban J connectivity index is 3.13. The van der Waals surface area contributed by atoms with Crippen molar-refractivity contribution in [3.63, 3.8) is 0 Å². The van der Waals surface area contributed by atoms with Gasteiger partial charge in [-0.1, -0.05) is 18.2 Å². The lowest BCUT2D eigenvalue weighted by molar-refractivity contribution is 0.0697. The number of hydrogen-bond donors (Lipinski definition) is 2. The summed E-state index contributed by atoms with van der Waals surface area (Å²) in [4.78, 5) is 15.2. The second-order valence-corrected chi connectivity index (χ2v) is 4.01. The lowest BCUT2D eigenvalue weighted by Crippen LogP contribution is -2.12. The van der Waals surface area contributed by atoms with Gasteiger partial charge in [-0.2, -0.15) is 0 Å². The maximum atomic E-state index is 11.1. The molecular weight excluding hydrogens is 228 g/mol. The van der Waals surface area contributed by atoms with Crippen LogP contribution in [0.15, 0.2) is 17.7 Å². The SMILES string of the molecule is C=C(Cl)CNc1nc(C)cc(C)c1C(=O)O. The molecule has 4 nitrogen and oxygen atoms in total. The van der Waals surface area contributed by atoms with E-state index in [1.165, 1.54) is 0 Å². The van der Waals surface area contributed by atoms with Gasteiger partial charge >= 0.3 is 5.97 Å². The number of aromatic carboxylic acids is 1. The van der Waals surface area contributed by atoms with Crippen LogP contribution in [0.2, 0.25) is 0 Å². The first-order valence-electron chi connectivity index (χ1n) is 4.70. The number of carbonyl (C=O) groups is 1. The van der Waals surface area contributed by atoms with E-state index in [-0.39, 0.29) is 12.1 Å². The van der Waals surface area contributed by atoms with Crippen molar-refractivity contribution in [2.75, 3.05) is 11.9 Å². The molecule has 1 heterocycles. The fourth-order valence-electron chi connectivity index (χ4n) is 1.41. The summed E-state index contributed by atoms with van der Waals surface area (Å²) in [6, 6.07) is 1.73. The van der Waals surface area contributed by atoms with Crippen LogP contribution in [-0.2, 0) is 0 Å². The van der Waals surface area contributed by atoms with Crippen molar-refractivity contribution in [2.45, 2.75) is 13.8 Å². The zero-order valence-corrected chi connectivity index (χ0v) is 9.93. The number of rotatable bonds is 4. The Morgan fingerprint density at radius 2 is 2.25 bits per heavy atom. The Labute approximate surface area is 99.0 Å². The second kappa shape index (κ2) is 4.99. The molecule has 1 aromatic rings. The van der Waals surface area contributed by atoms with Crippen LogP contribution < -0.4 is 5.32 Å². The first-order chi connectivity index (χ1) is 7.41. The van der Waals surface area contributed by atoms with Crippen molar-refractivity contribution in [3.8, 4) is 0 Å². The molecule has 1 aromatic heterocycles. The molecular formula is C11H13ClN2O2. The molecule has 0 bridgehead atoms. The van der Waals surface area contributed by atoms with Crippen LogP contribution in [0.1, 0.15) is 21.6 Å². The minimum Gasteiger partial charge on any atom is -0.478 e. The van der Waals surface area contributed by atoms with Crippen LogP contribution >= 0.6 is 11.6 Å². The number of nitrogens with one attached hydrogen (secondary N) is 1. The molecule has 0 saturated carbocycles. The predicted molar refractivity (Wildman–Crippen MR) is 64.2 cm³/mol. The molecule has 0 amide bonds. The van der Waals surface area contributed by atoms with Crippen molar-refractivity contribution in [1.29, 1.82) is 0 Å². The Kier molecular flexibility index (Phi) is 3.90. The van der Waals surface area contributed by atoms with E-state index < -0.39 is 5.97 Å². The molecule has 0 radical (unpaired) electrons. The standard InChI is InChI=1S/C11H13ClN2O2/c1-6-4-8(3)14-10(9(6)11(15)16)13-5-7(2)12/h4H,2,5H2,1,3H3,(H,13,14)(H,15,16). The van der Waals surface area contributed by atoms with E-state index in [9.17, 15) is 4.79 Å². The normalized spacial score (nSPS) is 9.94. The van der Waals surface area contributed by atoms with Gasteiger partial charge in [0, 0.05) is 10.7 Å². The van der Waals surface area contributed by atoms with Gasteiger partial charge in [0.15, 0.2) is 0 Å². The van der Waals surface area contributed by atoms with Gasteiger partial charge in [0.05, 0.1) is 6.54 Å². The number of carboxylic acid groups (broad SMARTS) is 1. The highest BCUT2D eigenvalue weighted by molar-refractivity contribution is 6.29. The van der Waals surface area contributed by atoms with Gasteiger partial charge in [0.2, 0.25) is 0 Å². The van der Waals surface area contributed by atoms with Gasteiger partial charge in [-0.25, -0.2) is 9.78 Å². The van der Waals surface area contributed by atoms with E-state index in [0.717, 1.165) is 5.69 Å². The minimum atomic E-state index is -1.01. The summed E-state index contributed by atoms with van der Waals surface area (Å²) in [5.41, 5.74) is 1.59. The summed E-state index contributed by atoms with van der Waals surface area (Å²) in [5, 5.41) is 12.3. The van der Waals surface area contributed by atoms with E-state index >= 15 is 0 Å². The zero-order valence-electron chi connectivity index (χ0n) is 9.17. The van der Waals surface area contributed by atoms with Crippen LogP contribution in [0, 0.1) is 13.8 Å². The van der Waals surface area contributed by atoms with Crippen molar-refractivity contribution in [2.24, 2.45) is 0 Å². The summed E-state index contributed by atoms with van der Waals surface area (Å²) in [7, 11) is 0. The first kappa shape index (κ1) is 12.5. The number of carboxylic acids is 1. The highest BCUT2D eigenvalue weighted by Gasteiger charge is 2.15. The molecule has 0 aromatic carbocycles. The molecule has 1 rings (SSSR count). The average Bonchev–Trinajstić information content (AvgIpc) is 2.12. The molecule has 0 aliphatic rings. The highest BCUT2D eigenvalue weighted by Crippen LogP contribution is 2.19. The zero-order chi connectivity index (χ0) is 12.3. The highest BCUT2D eigenvalue weighted by atomic mass is 35.5. The number of halogens is 1. The molecule has 16 heavy (non-hydrogen) atoms. The number of hydrogen-bond acceptors (Lipinski definition) is 3. The Morgan fingerprint density at radius 3 is 2.75 bits per heavy atom. The molecule has 0 unspecified atom stereocenters. The fourth-order valence-corrected chi connectivity index (χ4v) is 1.48. The van der Waals surface area contributed by atoms with E-state index in [4.69, 9.17) is 16.7 Å². The van der Waals surface area contributed by atoms with Crippen LogP contribution in [0.4, 0.5) is 5.82 Å². The largest absolute Gasteiger partial charge is 0.478 e. The molecule has 86 valence electrons. The van der Waals surface area contributed by atoms with E-state index in [0.29, 0.717) is 16.4 Å². The Bertz CT molecular complexity index is 444. The molecule has 0 fully saturated rings. The van der Waals surface area contributed by atoms with Crippen LogP contribution in [-0.4, -0.2) is 22.6 Å². The Morgan fingerprint density at radius 1 is 1.62 bits per heavy atom. The van der Waals surface area contributed by atoms with Crippen LogP contribution in [0.25, 0.3) is 0 Å². The van der Waals surface area contributed by atoms with E-state index in [2.05, 4.69) is 16.9 Å². The minimum absolute atomic E-state index is 0.170. The van der Waals surface area contributed by atoms with Crippen LogP contribution in [0.5, 0.6) is 0 Å². The maximum Gasteiger partial charge on any atom is 0.339 e. The summed E-state index contributed by atoms with van der Waals surface area (Å²) in [6.07, 6.45) is 0. The molecule has 5 heteroatoms. The average molecular weight is 241 g/mol. The van der Waals surface area contributed by atoms with Gasteiger partial charge in [0.25, 0.3) is 0 Å². The molecule has 0 atom stereocenters. The number of pyridine rings is 1. The number of anilines is 1. The fraction of sp³-hybridized carbons (Fsp3) is 0.273. The lowest BCUT2D eigenvalue weighted by atomic mass is 10.1. The monoisotopic (exact) mass is 240 g/mol. The molecule has 2 N–H and O–H groups in total. The number of aryl methyl sites for hydroxylation is 2. The van der Waals surface area contributed by atoms with Gasteiger partial charge in [-0.15, -0.1) is 0 Å². The third-order valence-electron chi connectivity index (χ3n) is 2.01. The quantitative estimate of drug-likeness (QED) is 0.849. The smallest absolute Gasteiger partial charge is 0.339 e. The van der Waals surface area contributed by atoms with E-state index in [1.54, 1.807) is 19.9 Å². The summed E-state index contributed by atoms with van der Waals surface area (Å²) in [6.45, 7) is 7.35. The van der Waals surface area contributed by atoms with Gasteiger partial charge in [-0.05, 0) is 25.5 Å². The lowest BCUT2D eigenvalue weighted by Gasteiger charge is -2.11. The molecule has 0 spiro atoms. The van der Waals surface area contributed by atoms with Gasteiger partial charge < -0.3 is 10.4 Å². The van der Waals surface area contributed by atoms with E-state index in [1.807, 2.05) is 0 Å². The van der Waals surface area contributed by atoms with Gasteiger partial charge in [-0.3, -0.25) is 0 Å². The van der Waals surface area contributed by atoms with Crippen molar-refractivity contribution in [1.82, 2.24) is 4.98 Å². The second-order valence-electron chi connectivity index (χ2n) is 3.48. The number of aromatic nitrogens is 1. The van der Waals surface area contributed by atoms with Crippen molar-refractivity contribution in [3.05, 3.63) is 34.5 Å². The van der Waals surface area contributed by atoms with Gasteiger partial charge in [0.1, 0.15) is 11.4 Å². The van der Waals surface area contributed by atoms with Crippen LogP contribution in [0.3, 0.4) is 0 Å². The maximum absolute atomic E-state index is 11.1. The molecule has 0 aliphatic heterocycles. The summed E-state index contributed by atoms with van der Waals surface area (Å²) < 4.78 is 0.